The minimum Gasteiger partial charge on any atom is -0.106 e. The van der Waals surface area contributed by atoms with Gasteiger partial charge in [-0.3, -0.25) is 0 Å². The van der Waals surface area contributed by atoms with Crippen molar-refractivity contribution < 1.29 is 0 Å². The predicted molar refractivity (Wildman–Crippen MR) is 83.5 cm³/mol. The summed E-state index contributed by atoms with van der Waals surface area (Å²) >= 11 is 1.86. The summed E-state index contributed by atoms with van der Waals surface area (Å²) in [4.78, 5) is 0. The molecule has 0 aromatic heterocycles. The van der Waals surface area contributed by atoms with Crippen molar-refractivity contribution in [1.29, 1.82) is 0 Å². The van der Waals surface area contributed by atoms with Crippen LogP contribution < -0.4 is 0 Å². The van der Waals surface area contributed by atoms with Crippen LogP contribution in [-0.4, -0.2) is 0 Å². The third kappa shape index (κ3) is 3.20. The minimum absolute atomic E-state index is 0.606. The van der Waals surface area contributed by atoms with Crippen LogP contribution in [0.2, 0.25) is 0 Å². The van der Waals surface area contributed by atoms with Gasteiger partial charge in [-0.15, -0.1) is 11.8 Å². The van der Waals surface area contributed by atoms with E-state index in [-0.39, 0.29) is 0 Å². The maximum atomic E-state index is 2.39. The highest BCUT2D eigenvalue weighted by Crippen LogP contribution is 2.42. The van der Waals surface area contributed by atoms with Crippen molar-refractivity contribution in [2.45, 2.75) is 52.4 Å². The lowest BCUT2D eigenvalue weighted by Gasteiger charge is -2.29. The van der Waals surface area contributed by atoms with E-state index in [2.05, 4.69) is 42.9 Å². The van der Waals surface area contributed by atoms with Crippen LogP contribution in [0.15, 0.2) is 45.8 Å². The second-order valence-electron chi connectivity index (χ2n) is 5.19. The highest BCUT2D eigenvalue weighted by molar-refractivity contribution is 8.05. The molecule has 0 saturated carbocycles. The first-order valence-electron chi connectivity index (χ1n) is 7.28. The summed E-state index contributed by atoms with van der Waals surface area (Å²) in [5, 5.41) is 4.72. The maximum absolute atomic E-state index is 2.39. The van der Waals surface area contributed by atoms with E-state index in [9.17, 15) is 0 Å². The maximum Gasteiger partial charge on any atom is 0.0274 e. The zero-order valence-corrected chi connectivity index (χ0v) is 12.4. The summed E-state index contributed by atoms with van der Waals surface area (Å²) in [5.41, 5.74) is 4.79. The third-order valence-electron chi connectivity index (χ3n) is 3.74. The third-order valence-corrected chi connectivity index (χ3v) is 4.58. The van der Waals surface area contributed by atoms with Gasteiger partial charge in [0.2, 0.25) is 0 Å². The molecule has 2 aliphatic rings. The average Bonchev–Trinajstić information content (AvgIpc) is 2.42. The molecule has 0 radical (unpaired) electrons. The van der Waals surface area contributed by atoms with E-state index in [0.717, 1.165) is 0 Å². The van der Waals surface area contributed by atoms with E-state index in [1.54, 1.807) is 11.1 Å². The van der Waals surface area contributed by atoms with Gasteiger partial charge in [0.15, 0.2) is 0 Å². The minimum atomic E-state index is 0.606. The fourth-order valence-corrected chi connectivity index (χ4v) is 3.58. The fourth-order valence-electron chi connectivity index (χ4n) is 2.71. The van der Waals surface area contributed by atoms with Gasteiger partial charge in [0.25, 0.3) is 0 Å². The number of thioether (sulfide) groups is 1. The van der Waals surface area contributed by atoms with Crippen LogP contribution in [0.4, 0.5) is 0 Å². The van der Waals surface area contributed by atoms with Gasteiger partial charge in [-0.1, -0.05) is 56.1 Å². The Hall–Kier alpha value is -0.690. The van der Waals surface area contributed by atoms with Crippen molar-refractivity contribution >= 4 is 11.8 Å². The Labute approximate surface area is 116 Å². The summed E-state index contributed by atoms with van der Waals surface area (Å²) in [5.74, 6) is 0.606. The molecule has 0 aromatic rings. The summed E-state index contributed by atoms with van der Waals surface area (Å²) in [7, 11) is 0. The molecule has 2 rings (SSSR count). The second-order valence-corrected chi connectivity index (χ2v) is 5.93. The molecule has 0 spiro atoms. The smallest absolute Gasteiger partial charge is 0.0274 e. The molecule has 0 amide bonds. The second kappa shape index (κ2) is 7.04. The molecule has 18 heavy (non-hydrogen) atoms. The van der Waals surface area contributed by atoms with Crippen molar-refractivity contribution in [3.8, 4) is 0 Å². The van der Waals surface area contributed by atoms with Crippen LogP contribution in [0.5, 0.6) is 0 Å². The molecule has 0 fully saturated rings. The van der Waals surface area contributed by atoms with Crippen LogP contribution in [-0.2, 0) is 0 Å². The van der Waals surface area contributed by atoms with Gasteiger partial charge in [0.05, 0.1) is 0 Å². The molecule has 0 nitrogen and oxygen atoms in total. The lowest BCUT2D eigenvalue weighted by molar-refractivity contribution is 0.669. The van der Waals surface area contributed by atoms with E-state index in [1.807, 2.05) is 11.8 Å². The van der Waals surface area contributed by atoms with Gasteiger partial charge < -0.3 is 0 Å². The number of allylic oxidation sites excluding steroid dienone is 6. The molecule has 0 saturated heterocycles. The van der Waals surface area contributed by atoms with E-state index in [1.165, 1.54) is 44.1 Å². The van der Waals surface area contributed by atoms with Gasteiger partial charge in [-0.05, 0) is 42.1 Å². The zero-order chi connectivity index (χ0) is 12.8. The molecule has 98 valence electrons. The summed E-state index contributed by atoms with van der Waals surface area (Å²) in [6.45, 7) is 4.56. The van der Waals surface area contributed by atoms with Gasteiger partial charge >= 0.3 is 0 Å². The van der Waals surface area contributed by atoms with Gasteiger partial charge in [-0.2, -0.15) is 0 Å². The standard InChI is InChI=1S/C17H24S/c1-3-5-8-14-10-7-11-16-13-18-12-15(17(14)16)9-6-4-2/h7,10-13,17H,3-6,8-9H2,1-2H3. The molecule has 0 N–H and O–H groups in total. The summed E-state index contributed by atoms with van der Waals surface area (Å²) in [6, 6.07) is 0. The number of hydrogen-bond acceptors (Lipinski definition) is 1. The molecule has 1 atom stereocenters. The first-order chi connectivity index (χ1) is 8.86. The lowest BCUT2D eigenvalue weighted by Crippen LogP contribution is -2.14. The van der Waals surface area contributed by atoms with Gasteiger partial charge in [0, 0.05) is 5.92 Å². The molecular weight excluding hydrogens is 236 g/mol. The first-order valence-corrected chi connectivity index (χ1v) is 8.22. The molecule has 1 heterocycles. The SMILES string of the molecule is CCCCC1=CC=CC2=CSC=C(CCCC)C21. The highest BCUT2D eigenvalue weighted by atomic mass is 32.2. The quantitative estimate of drug-likeness (QED) is 0.565. The first kappa shape index (κ1) is 13.7. The molecule has 1 heteroatoms. The van der Waals surface area contributed by atoms with Crippen LogP contribution in [0.1, 0.15) is 52.4 Å². The van der Waals surface area contributed by atoms with Crippen LogP contribution >= 0.6 is 11.8 Å². The largest absolute Gasteiger partial charge is 0.106 e. The number of hydrogen-bond donors (Lipinski definition) is 0. The van der Waals surface area contributed by atoms with E-state index in [0.29, 0.717) is 5.92 Å². The molecule has 1 unspecified atom stereocenters. The van der Waals surface area contributed by atoms with Crippen LogP contribution in [0.25, 0.3) is 0 Å². The van der Waals surface area contributed by atoms with Gasteiger partial charge in [0.1, 0.15) is 0 Å². The average molecular weight is 260 g/mol. The van der Waals surface area contributed by atoms with Crippen molar-refractivity contribution in [2.75, 3.05) is 0 Å². The topological polar surface area (TPSA) is 0 Å². The number of rotatable bonds is 6. The Balaban J connectivity index is 2.13. The molecule has 1 aliphatic carbocycles. The number of unbranched alkanes of at least 4 members (excludes halogenated alkanes) is 2. The summed E-state index contributed by atoms with van der Waals surface area (Å²) < 4.78 is 0. The Kier molecular flexibility index (Phi) is 5.37. The van der Waals surface area contributed by atoms with E-state index >= 15 is 0 Å². The molecular formula is C17H24S. The zero-order valence-electron chi connectivity index (χ0n) is 11.6. The molecule has 1 aliphatic heterocycles. The van der Waals surface area contributed by atoms with Crippen LogP contribution in [0, 0.1) is 5.92 Å². The monoisotopic (exact) mass is 260 g/mol. The van der Waals surface area contributed by atoms with Crippen molar-refractivity contribution in [2.24, 2.45) is 5.92 Å². The Morgan fingerprint density at radius 3 is 2.44 bits per heavy atom. The Morgan fingerprint density at radius 1 is 1.00 bits per heavy atom. The fraction of sp³-hybridized carbons (Fsp3) is 0.529. The molecule has 0 bridgehead atoms. The molecule has 0 aromatic carbocycles. The predicted octanol–water partition coefficient (Wildman–Crippen LogP) is 5.99. The lowest BCUT2D eigenvalue weighted by atomic mass is 9.79. The van der Waals surface area contributed by atoms with Crippen molar-refractivity contribution in [3.05, 3.63) is 45.8 Å². The van der Waals surface area contributed by atoms with E-state index in [4.69, 9.17) is 0 Å². The highest BCUT2D eigenvalue weighted by Gasteiger charge is 2.25. The van der Waals surface area contributed by atoms with Crippen molar-refractivity contribution in [3.63, 3.8) is 0 Å². The summed E-state index contributed by atoms with van der Waals surface area (Å²) in [6.07, 6.45) is 14.6. The van der Waals surface area contributed by atoms with Gasteiger partial charge in [-0.25, -0.2) is 0 Å². The Bertz CT molecular complexity index is 396. The number of fused-ring (bicyclic) bond motifs is 1. The normalized spacial score (nSPS) is 22.1. The van der Waals surface area contributed by atoms with E-state index < -0.39 is 0 Å². The van der Waals surface area contributed by atoms with Crippen LogP contribution in [0.3, 0.4) is 0 Å². The van der Waals surface area contributed by atoms with Crippen molar-refractivity contribution in [1.82, 2.24) is 0 Å². The Morgan fingerprint density at radius 2 is 1.72 bits per heavy atom.